The quantitative estimate of drug-likeness (QED) is 0.405. The molecule has 2 aromatic carbocycles. The van der Waals surface area contributed by atoms with E-state index in [0.717, 1.165) is 11.6 Å². The van der Waals surface area contributed by atoms with Crippen LogP contribution in [0, 0.1) is 10.1 Å². The Kier molecular flexibility index (Phi) is 6.73. The van der Waals surface area contributed by atoms with Crippen molar-refractivity contribution in [1.82, 2.24) is 0 Å². The van der Waals surface area contributed by atoms with E-state index in [1.54, 1.807) is 19.1 Å². The first-order chi connectivity index (χ1) is 12.6. The summed E-state index contributed by atoms with van der Waals surface area (Å²) < 4.78 is 15.6. The molecule has 2 aromatic rings. The van der Waals surface area contributed by atoms with Crippen molar-refractivity contribution in [2.45, 2.75) is 6.92 Å². The zero-order chi connectivity index (χ0) is 18.9. The number of benzene rings is 2. The summed E-state index contributed by atoms with van der Waals surface area (Å²) in [6.45, 7) is 2.07. The molecule has 0 bridgehead atoms. The van der Waals surface area contributed by atoms with Crippen LogP contribution in [0.15, 0.2) is 48.5 Å². The van der Waals surface area contributed by atoms with E-state index in [1.807, 2.05) is 30.3 Å². The largest absolute Gasteiger partial charge is 0.493 e. The standard InChI is InChI=1S/C19H19NO6/c1-3-25-18-12-15(16(20(22)23)13-17(18)24-2)19(21)26-11-7-10-14-8-5-4-6-9-14/h4-10,12-13H,3,11H2,1-2H3/b10-7+. The van der Waals surface area contributed by atoms with E-state index in [1.165, 1.54) is 13.2 Å². The molecule has 0 aliphatic rings. The average molecular weight is 357 g/mol. The molecule has 0 atom stereocenters. The molecule has 0 fully saturated rings. The van der Waals surface area contributed by atoms with Crippen molar-refractivity contribution in [1.29, 1.82) is 0 Å². The van der Waals surface area contributed by atoms with Gasteiger partial charge in [0.1, 0.15) is 12.2 Å². The van der Waals surface area contributed by atoms with Crippen molar-refractivity contribution in [2.75, 3.05) is 20.3 Å². The Bertz CT molecular complexity index is 801. The first kappa shape index (κ1) is 19.0. The molecule has 0 aliphatic carbocycles. The highest BCUT2D eigenvalue weighted by atomic mass is 16.6. The first-order valence-corrected chi connectivity index (χ1v) is 7.94. The van der Waals surface area contributed by atoms with Gasteiger partial charge in [-0.05, 0) is 18.6 Å². The molecule has 0 saturated heterocycles. The summed E-state index contributed by atoms with van der Waals surface area (Å²) in [5.74, 6) is -0.385. The first-order valence-electron chi connectivity index (χ1n) is 7.94. The minimum absolute atomic E-state index is 0.0130. The number of carbonyl (C=O) groups is 1. The van der Waals surface area contributed by atoms with Crippen molar-refractivity contribution in [2.24, 2.45) is 0 Å². The molecule has 0 aliphatic heterocycles. The highest BCUT2D eigenvalue weighted by Gasteiger charge is 2.25. The Hall–Kier alpha value is -3.35. The summed E-state index contributed by atoms with van der Waals surface area (Å²) in [4.78, 5) is 22.9. The number of nitrogens with zero attached hydrogens (tertiary/aromatic N) is 1. The monoisotopic (exact) mass is 357 g/mol. The predicted octanol–water partition coefficient (Wildman–Crippen LogP) is 3.87. The van der Waals surface area contributed by atoms with Crippen LogP contribution in [0.3, 0.4) is 0 Å². The Labute approximate surface area is 151 Å². The summed E-state index contributed by atoms with van der Waals surface area (Å²) >= 11 is 0. The van der Waals surface area contributed by atoms with E-state index in [9.17, 15) is 14.9 Å². The van der Waals surface area contributed by atoms with Crippen LogP contribution in [0.25, 0.3) is 6.08 Å². The number of ether oxygens (including phenoxy) is 3. The van der Waals surface area contributed by atoms with E-state index in [0.29, 0.717) is 6.61 Å². The SMILES string of the molecule is CCOc1cc(C(=O)OC/C=C/c2ccccc2)c([N+](=O)[O-])cc1OC. The number of carbonyl (C=O) groups excluding carboxylic acids is 1. The molecule has 0 heterocycles. The molecular weight excluding hydrogens is 338 g/mol. The minimum Gasteiger partial charge on any atom is -0.493 e. The third-order valence-corrected chi connectivity index (χ3v) is 3.42. The Morgan fingerprint density at radius 2 is 1.92 bits per heavy atom. The van der Waals surface area contributed by atoms with Crippen LogP contribution in [-0.4, -0.2) is 31.2 Å². The molecule has 0 aromatic heterocycles. The second kappa shape index (κ2) is 9.22. The lowest BCUT2D eigenvalue weighted by Gasteiger charge is -2.11. The zero-order valence-corrected chi connectivity index (χ0v) is 14.5. The molecule has 0 N–H and O–H groups in total. The Morgan fingerprint density at radius 3 is 2.54 bits per heavy atom. The summed E-state index contributed by atoms with van der Waals surface area (Å²) in [7, 11) is 1.37. The maximum atomic E-state index is 12.3. The highest BCUT2D eigenvalue weighted by Crippen LogP contribution is 2.35. The number of rotatable bonds is 8. The van der Waals surface area contributed by atoms with Crippen molar-refractivity contribution in [3.05, 3.63) is 69.8 Å². The van der Waals surface area contributed by atoms with E-state index in [4.69, 9.17) is 14.2 Å². The Morgan fingerprint density at radius 1 is 1.19 bits per heavy atom. The van der Waals surface area contributed by atoms with Gasteiger partial charge in [0.15, 0.2) is 11.5 Å². The molecule has 7 heteroatoms. The van der Waals surface area contributed by atoms with Gasteiger partial charge >= 0.3 is 5.97 Å². The number of esters is 1. The van der Waals surface area contributed by atoms with E-state index >= 15 is 0 Å². The van der Waals surface area contributed by atoms with Gasteiger partial charge in [0.25, 0.3) is 5.69 Å². The van der Waals surface area contributed by atoms with Gasteiger partial charge in [-0.25, -0.2) is 4.79 Å². The van der Waals surface area contributed by atoms with Crippen molar-refractivity contribution in [3.8, 4) is 11.5 Å². The van der Waals surface area contributed by atoms with Gasteiger partial charge in [-0.3, -0.25) is 10.1 Å². The third-order valence-electron chi connectivity index (χ3n) is 3.42. The second-order valence-electron chi connectivity index (χ2n) is 5.12. The van der Waals surface area contributed by atoms with Gasteiger partial charge in [-0.1, -0.05) is 36.4 Å². The average Bonchev–Trinajstić information content (AvgIpc) is 2.65. The van der Waals surface area contributed by atoms with Crippen LogP contribution in [0.5, 0.6) is 11.5 Å². The molecule has 0 saturated carbocycles. The molecular formula is C19H19NO6. The summed E-state index contributed by atoms with van der Waals surface area (Å²) in [6, 6.07) is 11.9. The van der Waals surface area contributed by atoms with E-state index in [2.05, 4.69) is 0 Å². The van der Waals surface area contributed by atoms with Crippen molar-refractivity contribution in [3.63, 3.8) is 0 Å². The number of nitro benzene ring substituents is 1. The van der Waals surface area contributed by atoms with E-state index < -0.39 is 16.6 Å². The number of hydrogen-bond acceptors (Lipinski definition) is 6. The lowest BCUT2D eigenvalue weighted by molar-refractivity contribution is -0.385. The summed E-state index contributed by atoms with van der Waals surface area (Å²) in [5.41, 5.74) is 0.368. The fourth-order valence-electron chi connectivity index (χ4n) is 2.24. The fraction of sp³-hybridized carbons (Fsp3) is 0.211. The molecule has 0 amide bonds. The molecule has 0 radical (unpaired) electrons. The fourth-order valence-corrected chi connectivity index (χ4v) is 2.24. The van der Waals surface area contributed by atoms with Gasteiger partial charge < -0.3 is 14.2 Å². The van der Waals surface area contributed by atoms with Crippen LogP contribution in [-0.2, 0) is 4.74 Å². The van der Waals surface area contributed by atoms with Gasteiger partial charge in [-0.15, -0.1) is 0 Å². The van der Waals surface area contributed by atoms with Crippen LogP contribution in [0.2, 0.25) is 0 Å². The molecule has 0 unspecified atom stereocenters. The number of methoxy groups -OCH3 is 1. The molecule has 0 spiro atoms. The maximum Gasteiger partial charge on any atom is 0.345 e. The molecule has 26 heavy (non-hydrogen) atoms. The van der Waals surface area contributed by atoms with Crippen LogP contribution < -0.4 is 9.47 Å². The predicted molar refractivity (Wildman–Crippen MR) is 96.6 cm³/mol. The van der Waals surface area contributed by atoms with E-state index in [-0.39, 0.29) is 23.7 Å². The Balaban J connectivity index is 2.17. The summed E-state index contributed by atoms with van der Waals surface area (Å²) in [6.07, 6.45) is 3.45. The highest BCUT2D eigenvalue weighted by molar-refractivity contribution is 5.95. The molecule has 136 valence electrons. The third kappa shape index (κ3) is 4.83. The van der Waals surface area contributed by atoms with Crippen LogP contribution in [0.1, 0.15) is 22.8 Å². The molecule has 2 rings (SSSR count). The van der Waals surface area contributed by atoms with Crippen LogP contribution in [0.4, 0.5) is 5.69 Å². The zero-order valence-electron chi connectivity index (χ0n) is 14.5. The van der Waals surface area contributed by atoms with Crippen LogP contribution >= 0.6 is 0 Å². The van der Waals surface area contributed by atoms with Crippen molar-refractivity contribution >= 4 is 17.7 Å². The second-order valence-corrected chi connectivity index (χ2v) is 5.12. The smallest absolute Gasteiger partial charge is 0.345 e. The maximum absolute atomic E-state index is 12.3. The normalized spacial score (nSPS) is 10.5. The number of hydrogen-bond donors (Lipinski definition) is 0. The number of nitro groups is 1. The lowest BCUT2D eigenvalue weighted by atomic mass is 10.1. The minimum atomic E-state index is -0.807. The van der Waals surface area contributed by atoms with Crippen molar-refractivity contribution < 1.29 is 23.9 Å². The summed E-state index contributed by atoms with van der Waals surface area (Å²) in [5, 5.41) is 11.3. The topological polar surface area (TPSA) is 87.9 Å². The molecule has 7 nitrogen and oxygen atoms in total. The lowest BCUT2D eigenvalue weighted by Crippen LogP contribution is -2.09. The van der Waals surface area contributed by atoms with Gasteiger partial charge in [0.2, 0.25) is 0 Å². The van der Waals surface area contributed by atoms with Gasteiger partial charge in [0.05, 0.1) is 24.7 Å². The van der Waals surface area contributed by atoms with Gasteiger partial charge in [-0.2, -0.15) is 0 Å². The van der Waals surface area contributed by atoms with Gasteiger partial charge in [0, 0.05) is 6.07 Å².